The first-order valence-electron chi connectivity index (χ1n) is 11.8. The number of rotatable bonds is 4. The first-order valence-corrected chi connectivity index (χ1v) is 11.8. The number of aryl methyl sites for hydroxylation is 1. The fourth-order valence-electron chi connectivity index (χ4n) is 4.71. The number of pyridine rings is 1. The van der Waals surface area contributed by atoms with Crippen molar-refractivity contribution in [1.82, 2.24) is 4.98 Å². The third-order valence-corrected chi connectivity index (χ3v) is 6.51. The lowest BCUT2D eigenvalue weighted by Crippen LogP contribution is -2.26. The number of hydrogen-bond acceptors (Lipinski definition) is 8. The summed E-state index contributed by atoms with van der Waals surface area (Å²) in [5.41, 5.74) is 8.25. The summed E-state index contributed by atoms with van der Waals surface area (Å²) in [5, 5.41) is 11.5. The first-order chi connectivity index (χ1) is 18.5. The first kappa shape index (κ1) is 23.1. The molecule has 1 atom stereocenters. The number of para-hydroxylation sites is 1. The summed E-state index contributed by atoms with van der Waals surface area (Å²) in [4.78, 5) is 18.2. The van der Waals surface area contributed by atoms with Gasteiger partial charge in [0, 0.05) is 10.9 Å². The molecule has 8 heteroatoms. The predicted molar refractivity (Wildman–Crippen MR) is 141 cm³/mol. The van der Waals surface area contributed by atoms with Crippen LogP contribution in [0.1, 0.15) is 22.6 Å². The molecule has 3 aromatic carbocycles. The molecule has 0 aliphatic carbocycles. The Hall–Kier alpha value is -5.29. The monoisotopic (exact) mass is 503 g/mol. The fraction of sp³-hybridized carbons (Fsp3) is 0.100. The van der Waals surface area contributed by atoms with Crippen LogP contribution in [0.3, 0.4) is 0 Å². The van der Waals surface area contributed by atoms with Gasteiger partial charge in [-0.3, -0.25) is 0 Å². The maximum atomic E-state index is 13.4. The highest BCUT2D eigenvalue weighted by Gasteiger charge is 2.38. The Morgan fingerprint density at radius 2 is 1.84 bits per heavy atom. The van der Waals surface area contributed by atoms with Crippen molar-refractivity contribution in [2.45, 2.75) is 12.8 Å². The molecule has 1 unspecified atom stereocenters. The number of nitriles is 1. The lowest BCUT2D eigenvalue weighted by Gasteiger charge is -2.27. The average Bonchev–Trinajstić information content (AvgIpc) is 2.93. The zero-order valence-corrected chi connectivity index (χ0v) is 20.5. The minimum Gasteiger partial charge on any atom is -0.497 e. The SMILES string of the molecule is COc1ccc2nc(Oc3ccccc3)c(C3C(C#N)=C(N)Oc4c3c(=O)oc3ccc(C)cc43)cc2c1. The van der Waals surface area contributed by atoms with E-state index in [4.69, 9.17) is 29.3 Å². The standard InChI is InChI=1S/C30H21N3O5/c1-16-8-11-24-20(12-16)27-26(30(34)37-24)25(22(15-31)28(32)38-27)21-14-17-13-19(35-2)9-10-23(17)33-29(21)36-18-6-4-3-5-7-18/h3-14,25H,32H2,1-2H3. The molecule has 186 valence electrons. The minimum atomic E-state index is -0.952. The largest absolute Gasteiger partial charge is 0.497 e. The zero-order chi connectivity index (χ0) is 26.4. The molecule has 0 bridgehead atoms. The second-order valence-electron chi connectivity index (χ2n) is 8.91. The van der Waals surface area contributed by atoms with Crippen molar-refractivity contribution < 1.29 is 18.6 Å². The third-order valence-electron chi connectivity index (χ3n) is 6.51. The average molecular weight is 504 g/mol. The minimum absolute atomic E-state index is 0.0544. The summed E-state index contributed by atoms with van der Waals surface area (Å²) < 4.78 is 23.2. The van der Waals surface area contributed by atoms with Gasteiger partial charge in [0.1, 0.15) is 28.7 Å². The Labute approximate surface area is 217 Å². The number of hydrogen-bond donors (Lipinski definition) is 1. The van der Waals surface area contributed by atoms with E-state index in [9.17, 15) is 10.1 Å². The highest BCUT2D eigenvalue weighted by Crippen LogP contribution is 2.47. The van der Waals surface area contributed by atoms with Crippen LogP contribution in [0.25, 0.3) is 21.9 Å². The van der Waals surface area contributed by atoms with Crippen molar-refractivity contribution in [3.8, 4) is 29.2 Å². The second-order valence-corrected chi connectivity index (χ2v) is 8.91. The molecule has 6 rings (SSSR count). The lowest BCUT2D eigenvalue weighted by molar-refractivity contribution is 0.385. The van der Waals surface area contributed by atoms with Gasteiger partial charge in [0.15, 0.2) is 5.75 Å². The van der Waals surface area contributed by atoms with Gasteiger partial charge in [0.25, 0.3) is 0 Å². The van der Waals surface area contributed by atoms with Crippen LogP contribution in [0.15, 0.2) is 93.5 Å². The summed E-state index contributed by atoms with van der Waals surface area (Å²) in [6.07, 6.45) is 0. The van der Waals surface area contributed by atoms with Gasteiger partial charge < -0.3 is 24.4 Å². The Bertz CT molecular complexity index is 1870. The van der Waals surface area contributed by atoms with E-state index in [0.717, 1.165) is 10.9 Å². The van der Waals surface area contributed by atoms with Gasteiger partial charge >= 0.3 is 5.63 Å². The van der Waals surface area contributed by atoms with E-state index in [-0.39, 0.29) is 28.6 Å². The van der Waals surface area contributed by atoms with Crippen molar-refractivity contribution >= 4 is 21.9 Å². The molecule has 3 heterocycles. The van der Waals surface area contributed by atoms with Crippen LogP contribution in [0.4, 0.5) is 0 Å². The molecule has 0 radical (unpaired) electrons. The van der Waals surface area contributed by atoms with Crippen molar-refractivity contribution in [1.29, 1.82) is 5.26 Å². The summed E-state index contributed by atoms with van der Waals surface area (Å²) in [7, 11) is 1.58. The van der Waals surface area contributed by atoms with Crippen LogP contribution < -0.4 is 25.6 Å². The fourth-order valence-corrected chi connectivity index (χ4v) is 4.71. The van der Waals surface area contributed by atoms with E-state index in [1.54, 1.807) is 31.4 Å². The van der Waals surface area contributed by atoms with Crippen LogP contribution in [0, 0.1) is 18.3 Å². The smallest absolute Gasteiger partial charge is 0.344 e. The van der Waals surface area contributed by atoms with Crippen molar-refractivity contribution in [3.05, 3.63) is 111 Å². The Morgan fingerprint density at radius 3 is 2.61 bits per heavy atom. The van der Waals surface area contributed by atoms with Crippen LogP contribution in [0.2, 0.25) is 0 Å². The normalized spacial score (nSPS) is 14.6. The topological polar surface area (TPSA) is 121 Å². The molecule has 0 fully saturated rings. The Kier molecular flexibility index (Phi) is 5.47. The quantitative estimate of drug-likeness (QED) is 0.312. The van der Waals surface area contributed by atoms with E-state index >= 15 is 0 Å². The number of fused-ring (bicyclic) bond motifs is 4. The van der Waals surface area contributed by atoms with Crippen molar-refractivity contribution in [3.63, 3.8) is 0 Å². The van der Waals surface area contributed by atoms with Gasteiger partial charge in [0.05, 0.1) is 29.5 Å². The third kappa shape index (κ3) is 3.78. The number of nitrogens with zero attached hydrogens (tertiary/aromatic N) is 2. The van der Waals surface area contributed by atoms with Crippen LogP contribution in [-0.2, 0) is 0 Å². The molecule has 1 aliphatic heterocycles. The highest BCUT2D eigenvalue weighted by molar-refractivity contribution is 5.87. The van der Waals surface area contributed by atoms with Gasteiger partial charge in [0.2, 0.25) is 11.8 Å². The van der Waals surface area contributed by atoms with E-state index in [1.165, 1.54) is 0 Å². The molecular formula is C30H21N3O5. The number of ether oxygens (including phenoxy) is 3. The van der Waals surface area contributed by atoms with Crippen molar-refractivity contribution in [2.75, 3.05) is 7.11 Å². The molecule has 5 aromatic rings. The van der Waals surface area contributed by atoms with E-state index < -0.39 is 11.5 Å². The number of methoxy groups -OCH3 is 1. The zero-order valence-electron chi connectivity index (χ0n) is 20.5. The van der Waals surface area contributed by atoms with Crippen LogP contribution in [0.5, 0.6) is 23.1 Å². The second kappa shape index (κ2) is 8.98. The van der Waals surface area contributed by atoms with Gasteiger partial charge in [-0.25, -0.2) is 9.78 Å². The number of nitrogens with two attached hydrogens (primary N) is 1. The predicted octanol–water partition coefficient (Wildman–Crippen LogP) is 5.67. The molecule has 2 N–H and O–H groups in total. The molecular weight excluding hydrogens is 482 g/mol. The Balaban J connectivity index is 1.68. The van der Waals surface area contributed by atoms with E-state index in [2.05, 4.69) is 6.07 Å². The van der Waals surface area contributed by atoms with Gasteiger partial charge in [-0.2, -0.15) is 5.26 Å². The molecule has 0 saturated carbocycles. The maximum absolute atomic E-state index is 13.4. The molecule has 0 spiro atoms. The van der Waals surface area contributed by atoms with Crippen LogP contribution in [-0.4, -0.2) is 12.1 Å². The Morgan fingerprint density at radius 1 is 1.03 bits per heavy atom. The summed E-state index contributed by atoms with van der Waals surface area (Å²) in [6, 6.07) is 23.9. The van der Waals surface area contributed by atoms with E-state index in [1.807, 2.05) is 55.5 Å². The summed E-state index contributed by atoms with van der Waals surface area (Å²) in [5.74, 6) is 0.583. The number of benzene rings is 3. The van der Waals surface area contributed by atoms with Crippen LogP contribution >= 0.6 is 0 Å². The number of aromatic nitrogens is 1. The molecule has 1 aliphatic rings. The van der Waals surface area contributed by atoms with Gasteiger partial charge in [-0.1, -0.05) is 29.8 Å². The lowest BCUT2D eigenvalue weighted by atomic mass is 9.83. The molecule has 0 amide bonds. The number of allylic oxidation sites excluding steroid dienone is 1. The molecule has 2 aromatic heterocycles. The molecule has 0 saturated heterocycles. The van der Waals surface area contributed by atoms with E-state index in [0.29, 0.717) is 33.5 Å². The summed E-state index contributed by atoms with van der Waals surface area (Å²) >= 11 is 0. The molecule has 8 nitrogen and oxygen atoms in total. The van der Waals surface area contributed by atoms with Gasteiger partial charge in [-0.05, 0) is 55.5 Å². The molecule has 38 heavy (non-hydrogen) atoms. The highest BCUT2D eigenvalue weighted by atomic mass is 16.5. The summed E-state index contributed by atoms with van der Waals surface area (Å²) in [6.45, 7) is 1.92. The van der Waals surface area contributed by atoms with Gasteiger partial charge in [-0.15, -0.1) is 0 Å². The van der Waals surface area contributed by atoms with Crippen molar-refractivity contribution in [2.24, 2.45) is 5.73 Å². The maximum Gasteiger partial charge on any atom is 0.344 e.